The quantitative estimate of drug-likeness (QED) is 0.0186. The summed E-state index contributed by atoms with van der Waals surface area (Å²) in [4.78, 5) is 42.8. The molecular formula is C45H73O9P. The van der Waals surface area contributed by atoms with Crippen LogP contribution in [0.2, 0.25) is 0 Å². The van der Waals surface area contributed by atoms with Crippen molar-refractivity contribution in [3.8, 4) is 0 Å². The smallest absolute Gasteiger partial charge is 0.462 e. The van der Waals surface area contributed by atoms with E-state index in [0.717, 1.165) is 38.5 Å². The van der Waals surface area contributed by atoms with Crippen LogP contribution in [0.1, 0.15) is 149 Å². The van der Waals surface area contributed by atoms with Gasteiger partial charge in [-0.1, -0.05) is 156 Å². The highest BCUT2D eigenvalue weighted by atomic mass is 31.2. The molecule has 0 aromatic rings. The summed E-state index contributed by atoms with van der Waals surface area (Å²) in [5.41, 5.74) is 0. The predicted molar refractivity (Wildman–Crippen MR) is 226 cm³/mol. The lowest BCUT2D eigenvalue weighted by atomic mass is 10.1. The van der Waals surface area contributed by atoms with Crippen molar-refractivity contribution >= 4 is 19.8 Å². The molecule has 0 saturated heterocycles. The van der Waals surface area contributed by atoms with E-state index in [2.05, 4.69) is 79.1 Å². The summed E-state index contributed by atoms with van der Waals surface area (Å²) in [7, 11) is -4.83. The Morgan fingerprint density at radius 1 is 0.564 bits per heavy atom. The first kappa shape index (κ1) is 51.9. The molecule has 10 heteroatoms. The van der Waals surface area contributed by atoms with Crippen molar-refractivity contribution in [1.82, 2.24) is 0 Å². The number of esters is 2. The van der Waals surface area contributed by atoms with Crippen LogP contribution in [0.4, 0.5) is 0 Å². The van der Waals surface area contributed by atoms with Gasteiger partial charge >= 0.3 is 19.8 Å². The molecule has 0 fully saturated rings. The Balaban J connectivity index is 4.26. The van der Waals surface area contributed by atoms with E-state index in [1.165, 1.54) is 64.2 Å². The summed E-state index contributed by atoms with van der Waals surface area (Å²) in [6.45, 7) is 3.41. The lowest BCUT2D eigenvalue weighted by molar-refractivity contribution is -0.161. The molecule has 55 heavy (non-hydrogen) atoms. The molecule has 0 aromatic heterocycles. The van der Waals surface area contributed by atoms with E-state index in [1.54, 1.807) is 12.2 Å². The number of rotatable bonds is 36. The Labute approximate surface area is 333 Å². The first-order valence-electron chi connectivity index (χ1n) is 20.6. The molecule has 0 aromatic carbocycles. The molecule has 3 N–H and O–H groups in total. The molecule has 0 spiro atoms. The van der Waals surface area contributed by atoms with E-state index >= 15 is 0 Å². The van der Waals surface area contributed by atoms with Gasteiger partial charge in [0, 0.05) is 12.8 Å². The molecule has 0 rings (SSSR count). The average Bonchev–Trinajstić information content (AvgIpc) is 3.15. The molecule has 0 radical (unpaired) electrons. The SMILES string of the molecule is CCCCC/C=C\C/C=C\C/C=C\C/C=C\C/C=C\CCC(=O)OC[C@H](COP(=O)(O)O)OC(=O)CCCC(O)/C=C/C=C/C/C=C/CCCCCCCC. The summed E-state index contributed by atoms with van der Waals surface area (Å²) in [6, 6.07) is 0. The minimum atomic E-state index is -4.83. The van der Waals surface area contributed by atoms with Crippen molar-refractivity contribution in [3.05, 3.63) is 97.2 Å². The number of ether oxygens (including phenoxy) is 2. The molecule has 0 saturated carbocycles. The zero-order valence-corrected chi connectivity index (χ0v) is 34.8. The van der Waals surface area contributed by atoms with E-state index in [9.17, 15) is 19.3 Å². The van der Waals surface area contributed by atoms with E-state index < -0.39 is 45.2 Å². The van der Waals surface area contributed by atoms with Crippen LogP contribution in [-0.2, 0) is 28.2 Å². The van der Waals surface area contributed by atoms with Gasteiger partial charge in [0.05, 0.1) is 12.7 Å². The number of aliphatic hydroxyl groups excluding tert-OH is 1. The molecular weight excluding hydrogens is 715 g/mol. The number of hydrogen-bond donors (Lipinski definition) is 3. The minimum absolute atomic E-state index is 0.0330. The topological polar surface area (TPSA) is 140 Å². The van der Waals surface area contributed by atoms with Crippen LogP contribution >= 0.6 is 7.82 Å². The second-order valence-electron chi connectivity index (χ2n) is 13.5. The van der Waals surface area contributed by atoms with Crippen molar-refractivity contribution in [3.63, 3.8) is 0 Å². The van der Waals surface area contributed by atoms with Gasteiger partial charge in [0.25, 0.3) is 0 Å². The highest BCUT2D eigenvalue weighted by Crippen LogP contribution is 2.36. The normalized spacial score (nSPS) is 14.1. The second kappa shape index (κ2) is 39.2. The molecule has 2 atom stereocenters. The van der Waals surface area contributed by atoms with Crippen molar-refractivity contribution in [2.24, 2.45) is 0 Å². The first-order chi connectivity index (χ1) is 26.7. The Kier molecular flexibility index (Phi) is 37.0. The summed E-state index contributed by atoms with van der Waals surface area (Å²) in [5, 5.41) is 10.2. The fourth-order valence-corrected chi connectivity index (χ4v) is 5.43. The number of hydrogen-bond acceptors (Lipinski definition) is 7. The monoisotopic (exact) mass is 788 g/mol. The minimum Gasteiger partial charge on any atom is -0.462 e. The number of carbonyl (C=O) groups is 2. The number of unbranched alkanes of at least 4 members (excludes halogenated alkanes) is 9. The third-order valence-electron chi connectivity index (χ3n) is 8.19. The maximum Gasteiger partial charge on any atom is 0.469 e. The Morgan fingerprint density at radius 3 is 1.64 bits per heavy atom. The molecule has 0 amide bonds. The number of carbonyl (C=O) groups excluding carboxylic acids is 2. The van der Waals surface area contributed by atoms with Crippen molar-refractivity contribution < 1.29 is 43.0 Å². The van der Waals surface area contributed by atoms with Gasteiger partial charge in [0.1, 0.15) is 6.61 Å². The summed E-state index contributed by atoms with van der Waals surface area (Å²) in [5.74, 6) is -1.19. The second-order valence-corrected chi connectivity index (χ2v) is 14.7. The third-order valence-corrected chi connectivity index (χ3v) is 8.68. The van der Waals surface area contributed by atoms with E-state index in [-0.39, 0.29) is 12.8 Å². The third kappa shape index (κ3) is 41.9. The molecule has 0 aliphatic heterocycles. The summed E-state index contributed by atoms with van der Waals surface area (Å²) < 4.78 is 26.2. The summed E-state index contributed by atoms with van der Waals surface area (Å²) in [6.07, 6.45) is 50.3. The van der Waals surface area contributed by atoms with Gasteiger partial charge in [-0.3, -0.25) is 14.1 Å². The average molecular weight is 789 g/mol. The number of phosphoric acid groups is 1. The van der Waals surface area contributed by atoms with Crippen LogP contribution in [0.3, 0.4) is 0 Å². The van der Waals surface area contributed by atoms with E-state index in [0.29, 0.717) is 19.3 Å². The standard InChI is InChI=1S/C45H73O9P/c1-3-5-7-9-11-13-15-17-18-19-20-21-22-24-26-28-30-32-34-38-44(47)52-40-43(41-53-55(49,50)51)54-45(48)39-35-37-42(46)36-33-31-29-27-25-23-16-14-12-10-8-6-4-2/h11,13,17-18,20-21,23-26,29-33,36,42-43,46H,3-10,12,14-16,19,22,27-28,34-35,37-41H2,1-2H3,(H2,49,50,51)/b13-11-,18-17-,21-20-,25-23+,26-24-,31-29+,32-30-,36-33+/t42?,43-/m1/s1. The number of aliphatic hydroxyl groups is 1. The van der Waals surface area contributed by atoms with Crippen LogP contribution in [0, 0.1) is 0 Å². The molecule has 1 unspecified atom stereocenters. The van der Waals surface area contributed by atoms with Crippen LogP contribution in [0.5, 0.6) is 0 Å². The Bertz CT molecular complexity index is 1220. The molecule has 0 bridgehead atoms. The highest BCUT2D eigenvalue weighted by molar-refractivity contribution is 7.46. The van der Waals surface area contributed by atoms with Crippen molar-refractivity contribution in [1.29, 1.82) is 0 Å². The predicted octanol–water partition coefficient (Wildman–Crippen LogP) is 11.6. The lowest BCUT2D eigenvalue weighted by Crippen LogP contribution is -2.29. The van der Waals surface area contributed by atoms with E-state index in [1.807, 2.05) is 24.3 Å². The van der Waals surface area contributed by atoms with Gasteiger partial charge in [-0.15, -0.1) is 0 Å². The van der Waals surface area contributed by atoms with Gasteiger partial charge in [-0.25, -0.2) is 4.57 Å². The molecule has 0 aliphatic carbocycles. The number of allylic oxidation sites excluding steroid dienone is 15. The van der Waals surface area contributed by atoms with Gasteiger partial charge < -0.3 is 24.4 Å². The van der Waals surface area contributed by atoms with Gasteiger partial charge in [0.2, 0.25) is 0 Å². The van der Waals surface area contributed by atoms with Crippen LogP contribution in [-0.4, -0.2) is 52.3 Å². The molecule has 9 nitrogen and oxygen atoms in total. The Hall–Kier alpha value is -3.07. The summed E-state index contributed by atoms with van der Waals surface area (Å²) >= 11 is 0. The molecule has 0 aliphatic rings. The van der Waals surface area contributed by atoms with Crippen LogP contribution in [0.25, 0.3) is 0 Å². The Morgan fingerprint density at radius 2 is 1.05 bits per heavy atom. The van der Waals surface area contributed by atoms with Crippen molar-refractivity contribution in [2.75, 3.05) is 13.2 Å². The van der Waals surface area contributed by atoms with Crippen molar-refractivity contribution in [2.45, 2.75) is 161 Å². The zero-order valence-electron chi connectivity index (χ0n) is 33.9. The number of phosphoric ester groups is 1. The highest BCUT2D eigenvalue weighted by Gasteiger charge is 2.23. The maximum absolute atomic E-state index is 12.4. The van der Waals surface area contributed by atoms with Gasteiger partial charge in [0.15, 0.2) is 6.10 Å². The van der Waals surface area contributed by atoms with Gasteiger partial charge in [-0.05, 0) is 77.0 Å². The van der Waals surface area contributed by atoms with E-state index in [4.69, 9.17) is 19.3 Å². The fourth-order valence-electron chi connectivity index (χ4n) is 5.07. The lowest BCUT2D eigenvalue weighted by Gasteiger charge is -2.18. The first-order valence-corrected chi connectivity index (χ1v) is 22.2. The zero-order chi connectivity index (χ0) is 40.5. The van der Waals surface area contributed by atoms with Gasteiger partial charge in [-0.2, -0.15) is 0 Å². The molecule has 0 heterocycles. The van der Waals surface area contributed by atoms with Crippen LogP contribution < -0.4 is 0 Å². The van der Waals surface area contributed by atoms with Crippen LogP contribution in [0.15, 0.2) is 97.2 Å². The maximum atomic E-state index is 12.4. The molecule has 312 valence electrons. The largest absolute Gasteiger partial charge is 0.469 e. The fraction of sp³-hybridized carbons (Fsp3) is 0.600.